The van der Waals surface area contributed by atoms with Crippen LogP contribution in [0.15, 0.2) is 91.0 Å². The Labute approximate surface area is 346 Å². The predicted molar refractivity (Wildman–Crippen MR) is 226 cm³/mol. The fourth-order valence-corrected chi connectivity index (χ4v) is 7.59. The van der Waals surface area contributed by atoms with Crippen LogP contribution in [0.2, 0.25) is 0 Å². The molecule has 7 rings (SSSR count). The Balaban J connectivity index is 0.772. The summed E-state index contributed by atoms with van der Waals surface area (Å²) in [4.78, 5) is 78.0. The molecule has 2 aliphatic heterocycles. The van der Waals surface area contributed by atoms with Crippen molar-refractivity contribution in [3.05, 3.63) is 119 Å². The number of hydrogen-bond acceptors (Lipinski definition) is 10. The number of amides is 6. The van der Waals surface area contributed by atoms with Crippen LogP contribution >= 0.6 is 0 Å². The summed E-state index contributed by atoms with van der Waals surface area (Å²) in [6.07, 6.45) is 0.271. The molecule has 60 heavy (non-hydrogen) atoms. The van der Waals surface area contributed by atoms with Crippen LogP contribution in [-0.2, 0) is 28.6 Å². The summed E-state index contributed by atoms with van der Waals surface area (Å²) in [5.74, 6) is -2.66. The molecular formula is C46H47N5O9. The van der Waals surface area contributed by atoms with E-state index in [1.807, 2.05) is 68.4 Å². The van der Waals surface area contributed by atoms with Gasteiger partial charge in [-0.15, -0.1) is 0 Å². The van der Waals surface area contributed by atoms with Gasteiger partial charge in [-0.05, 0) is 72.5 Å². The number of nitrogens with zero attached hydrogens (tertiary/aromatic N) is 1. The van der Waals surface area contributed by atoms with Crippen LogP contribution in [0.5, 0.6) is 0 Å². The minimum Gasteiger partial charge on any atom is -0.382 e. The average molecular weight is 814 g/mol. The van der Waals surface area contributed by atoms with Crippen LogP contribution in [0, 0.1) is 6.92 Å². The number of carbonyl (C=O) groups excluding carboxylic acids is 6. The van der Waals surface area contributed by atoms with E-state index in [1.165, 1.54) is 0 Å². The first kappa shape index (κ1) is 41.7. The second-order valence-electron chi connectivity index (χ2n) is 14.7. The highest BCUT2D eigenvalue weighted by molar-refractivity contribution is 6.28. The normalized spacial score (nSPS) is 15.6. The molecule has 0 aliphatic carbocycles. The highest BCUT2D eigenvalue weighted by atomic mass is 16.5. The van der Waals surface area contributed by atoms with Gasteiger partial charge in [0, 0.05) is 51.8 Å². The van der Waals surface area contributed by atoms with Crippen LogP contribution < -0.4 is 21.3 Å². The van der Waals surface area contributed by atoms with Gasteiger partial charge in [0.05, 0.1) is 52.1 Å². The molecule has 1 saturated heterocycles. The maximum Gasteiger partial charge on any atom is 0.262 e. The minimum atomic E-state index is -1.04. The lowest BCUT2D eigenvalue weighted by Crippen LogP contribution is -2.57. The molecular weight excluding hydrogens is 767 g/mol. The summed E-state index contributed by atoms with van der Waals surface area (Å²) in [7, 11) is 0. The number of carbonyl (C=O) groups is 6. The van der Waals surface area contributed by atoms with E-state index < -0.39 is 29.7 Å². The average Bonchev–Trinajstić information content (AvgIpc) is 3.24. The van der Waals surface area contributed by atoms with Gasteiger partial charge in [-0.25, -0.2) is 0 Å². The maximum absolute atomic E-state index is 13.5. The predicted octanol–water partition coefficient (Wildman–Crippen LogP) is 5.68. The van der Waals surface area contributed by atoms with Crippen molar-refractivity contribution < 1.29 is 43.0 Å². The van der Waals surface area contributed by atoms with Gasteiger partial charge in [0.1, 0.15) is 6.04 Å². The molecule has 0 bridgehead atoms. The third-order valence-corrected chi connectivity index (χ3v) is 10.6. The van der Waals surface area contributed by atoms with E-state index in [4.69, 9.17) is 14.2 Å². The fraction of sp³-hybridized carbons (Fsp3) is 0.304. The number of hydrogen-bond donors (Lipinski definition) is 4. The third kappa shape index (κ3) is 9.36. The summed E-state index contributed by atoms with van der Waals surface area (Å²) in [5.41, 5.74) is 4.21. The van der Waals surface area contributed by atoms with Gasteiger partial charge in [0.15, 0.2) is 0 Å². The summed E-state index contributed by atoms with van der Waals surface area (Å²) in [6.45, 7) is 6.19. The molecule has 1 fully saturated rings. The first-order chi connectivity index (χ1) is 29.1. The van der Waals surface area contributed by atoms with Crippen molar-refractivity contribution in [3.63, 3.8) is 0 Å². The summed E-state index contributed by atoms with van der Waals surface area (Å²) in [6, 6.07) is 26.7. The third-order valence-electron chi connectivity index (χ3n) is 10.6. The van der Waals surface area contributed by atoms with Gasteiger partial charge in [-0.2, -0.15) is 0 Å². The number of nitrogens with one attached hydrogen (secondary N) is 4. The highest BCUT2D eigenvalue weighted by Crippen LogP contribution is 2.36. The lowest BCUT2D eigenvalue weighted by atomic mass is 9.91. The monoisotopic (exact) mass is 813 g/mol. The maximum atomic E-state index is 13.5. The Bertz CT molecular complexity index is 2440. The SMILES string of the molecule is Cc1ccc(NC(=O)CCOCCOCCOCCNc2ccc3c4c(cccc24)C(=O)N(C2CCC(=O)NC2=O)C3=O)cc1C(=O)N[C@H](C)c1cccc2ccccc12. The summed E-state index contributed by atoms with van der Waals surface area (Å²) in [5, 5.41) is 14.9. The Morgan fingerprint density at radius 2 is 1.47 bits per heavy atom. The van der Waals surface area contributed by atoms with Crippen LogP contribution in [0.1, 0.15) is 74.4 Å². The van der Waals surface area contributed by atoms with Crippen molar-refractivity contribution in [1.29, 1.82) is 0 Å². The van der Waals surface area contributed by atoms with E-state index >= 15 is 0 Å². The zero-order chi connectivity index (χ0) is 42.2. The molecule has 4 N–H and O–H groups in total. The molecule has 2 aliphatic rings. The van der Waals surface area contributed by atoms with Crippen molar-refractivity contribution in [3.8, 4) is 0 Å². The first-order valence-corrected chi connectivity index (χ1v) is 20.0. The highest BCUT2D eigenvalue weighted by Gasteiger charge is 2.42. The van der Waals surface area contributed by atoms with Crippen LogP contribution in [0.25, 0.3) is 21.5 Å². The van der Waals surface area contributed by atoms with Crippen LogP contribution in [0.4, 0.5) is 11.4 Å². The molecule has 14 heteroatoms. The molecule has 2 atom stereocenters. The number of anilines is 2. The number of rotatable bonds is 18. The number of aryl methyl sites for hydroxylation is 1. The molecule has 1 unspecified atom stereocenters. The fourth-order valence-electron chi connectivity index (χ4n) is 7.59. The molecule has 0 spiro atoms. The molecule has 2 heterocycles. The van der Waals surface area contributed by atoms with Crippen molar-refractivity contribution >= 4 is 68.4 Å². The van der Waals surface area contributed by atoms with E-state index in [1.54, 1.807) is 36.4 Å². The molecule has 6 amide bonds. The van der Waals surface area contributed by atoms with Crippen LogP contribution in [-0.4, -0.2) is 92.6 Å². The Hall–Kier alpha value is -6.48. The molecule has 0 aromatic heterocycles. The molecule has 14 nitrogen and oxygen atoms in total. The Kier molecular flexibility index (Phi) is 13.2. The second-order valence-corrected chi connectivity index (χ2v) is 14.7. The Morgan fingerprint density at radius 1 is 0.783 bits per heavy atom. The molecule has 0 saturated carbocycles. The molecule has 0 radical (unpaired) electrons. The second kappa shape index (κ2) is 19.1. The largest absolute Gasteiger partial charge is 0.382 e. The number of piperidine rings is 1. The van der Waals surface area contributed by atoms with E-state index in [0.29, 0.717) is 72.7 Å². The number of imide groups is 2. The zero-order valence-corrected chi connectivity index (χ0v) is 33.5. The van der Waals surface area contributed by atoms with Gasteiger partial charge in [0.25, 0.3) is 17.7 Å². The molecule has 5 aromatic rings. The standard InChI is InChI=1S/C46H47N5O9/c1-28-13-14-31(27-37(28)43(54)48-29(2)32-10-5-8-30-7-3-4-9-33(30)32)49-41(53)19-21-58-23-25-60-26-24-59-22-20-47-38-16-15-36-42-34(38)11-6-12-35(42)45(56)51(46(36)57)39-17-18-40(52)50-44(39)55/h3-16,27,29,39,47H,17-26H2,1-2H3,(H,48,54)(H,49,53)(H,50,52,55)/t29-,39?/m1/s1. The number of ether oxygens (including phenoxy) is 3. The van der Waals surface area contributed by atoms with Gasteiger partial charge in [-0.3, -0.25) is 39.0 Å². The van der Waals surface area contributed by atoms with Gasteiger partial charge >= 0.3 is 0 Å². The number of fused-ring (bicyclic) bond motifs is 1. The van der Waals surface area contributed by atoms with Crippen molar-refractivity contribution in [2.75, 3.05) is 56.8 Å². The topological polar surface area (TPSA) is 181 Å². The smallest absolute Gasteiger partial charge is 0.262 e. The molecule has 5 aromatic carbocycles. The van der Waals surface area contributed by atoms with E-state index in [2.05, 4.69) is 21.3 Å². The van der Waals surface area contributed by atoms with Crippen molar-refractivity contribution in [2.45, 2.75) is 45.2 Å². The van der Waals surface area contributed by atoms with Gasteiger partial charge < -0.3 is 30.2 Å². The van der Waals surface area contributed by atoms with E-state index in [9.17, 15) is 28.8 Å². The van der Waals surface area contributed by atoms with E-state index in [0.717, 1.165) is 32.5 Å². The quantitative estimate of drug-likeness (QED) is 0.0635. The van der Waals surface area contributed by atoms with Crippen molar-refractivity contribution in [2.24, 2.45) is 0 Å². The Morgan fingerprint density at radius 3 is 2.25 bits per heavy atom. The lowest BCUT2D eigenvalue weighted by Gasteiger charge is -2.34. The van der Waals surface area contributed by atoms with E-state index in [-0.39, 0.29) is 43.7 Å². The van der Waals surface area contributed by atoms with Crippen molar-refractivity contribution in [1.82, 2.24) is 15.5 Å². The minimum absolute atomic E-state index is 0.0503. The summed E-state index contributed by atoms with van der Waals surface area (Å²) < 4.78 is 16.9. The summed E-state index contributed by atoms with van der Waals surface area (Å²) >= 11 is 0. The molecule has 310 valence electrons. The van der Waals surface area contributed by atoms with Gasteiger partial charge in [-0.1, -0.05) is 60.7 Å². The number of benzene rings is 5. The zero-order valence-electron chi connectivity index (χ0n) is 33.5. The first-order valence-electron chi connectivity index (χ1n) is 20.0. The van der Waals surface area contributed by atoms with Gasteiger partial charge in [0.2, 0.25) is 17.7 Å². The van der Waals surface area contributed by atoms with Crippen LogP contribution in [0.3, 0.4) is 0 Å². The lowest BCUT2D eigenvalue weighted by molar-refractivity contribution is -0.136.